The molecule has 1 aromatic carbocycles. The largest absolute Gasteiger partial charge is 0.489 e. The van der Waals surface area contributed by atoms with Crippen LogP contribution in [0.3, 0.4) is 0 Å². The highest BCUT2D eigenvalue weighted by Crippen LogP contribution is 2.25. The third-order valence-electron chi connectivity index (χ3n) is 2.52. The van der Waals surface area contributed by atoms with E-state index < -0.39 is 0 Å². The number of hydrogen-bond donors (Lipinski definition) is 1. The molecule has 1 aromatic heterocycles. The minimum Gasteiger partial charge on any atom is -0.489 e. The number of aromatic nitrogens is 2. The van der Waals surface area contributed by atoms with E-state index in [4.69, 9.17) is 4.74 Å². The van der Waals surface area contributed by atoms with Gasteiger partial charge in [0.1, 0.15) is 5.75 Å². The summed E-state index contributed by atoms with van der Waals surface area (Å²) in [7, 11) is 1.78. The number of nitrogens with one attached hydrogen (secondary N) is 1. The zero-order valence-corrected chi connectivity index (χ0v) is 11.3. The van der Waals surface area contributed by atoms with Gasteiger partial charge in [0, 0.05) is 19.4 Å². The standard InChI is InChI=1S/C14H17N3O2/c1-10(2)19-12-7-5-4-6-11(12)16-14(18)13-15-8-9-17(13)3/h4-10H,1-3H3,(H,16,18). The van der Waals surface area contributed by atoms with Gasteiger partial charge >= 0.3 is 0 Å². The number of imidazole rings is 1. The van der Waals surface area contributed by atoms with E-state index >= 15 is 0 Å². The Balaban J connectivity index is 2.19. The van der Waals surface area contributed by atoms with Crippen molar-refractivity contribution in [3.05, 3.63) is 42.5 Å². The molecule has 0 unspecified atom stereocenters. The van der Waals surface area contributed by atoms with E-state index in [0.717, 1.165) is 0 Å². The van der Waals surface area contributed by atoms with E-state index in [-0.39, 0.29) is 12.0 Å². The van der Waals surface area contributed by atoms with Crippen molar-refractivity contribution in [1.29, 1.82) is 0 Å². The molecule has 0 aliphatic rings. The van der Waals surface area contributed by atoms with Crippen molar-refractivity contribution < 1.29 is 9.53 Å². The maximum absolute atomic E-state index is 12.1. The van der Waals surface area contributed by atoms with Gasteiger partial charge < -0.3 is 14.6 Å². The second-order valence-electron chi connectivity index (χ2n) is 4.48. The third kappa shape index (κ3) is 3.13. The summed E-state index contributed by atoms with van der Waals surface area (Å²) in [6.45, 7) is 3.88. The van der Waals surface area contributed by atoms with Crippen molar-refractivity contribution in [3.8, 4) is 5.75 Å². The average molecular weight is 259 g/mol. The van der Waals surface area contributed by atoms with Gasteiger partial charge in [0.25, 0.3) is 5.91 Å². The molecule has 5 nitrogen and oxygen atoms in total. The number of amides is 1. The first-order valence-corrected chi connectivity index (χ1v) is 6.12. The highest BCUT2D eigenvalue weighted by Gasteiger charge is 2.13. The Morgan fingerprint density at radius 3 is 2.74 bits per heavy atom. The van der Waals surface area contributed by atoms with Crippen LogP contribution in [-0.2, 0) is 7.05 Å². The topological polar surface area (TPSA) is 56.1 Å². The summed E-state index contributed by atoms with van der Waals surface area (Å²) >= 11 is 0. The molecule has 0 radical (unpaired) electrons. The maximum atomic E-state index is 12.1. The molecule has 0 spiro atoms. The lowest BCUT2D eigenvalue weighted by Crippen LogP contribution is -2.18. The molecule has 0 bridgehead atoms. The van der Waals surface area contributed by atoms with Crippen molar-refractivity contribution in [1.82, 2.24) is 9.55 Å². The smallest absolute Gasteiger partial charge is 0.291 e. The van der Waals surface area contributed by atoms with E-state index in [2.05, 4.69) is 10.3 Å². The fourth-order valence-corrected chi connectivity index (χ4v) is 1.69. The minimum atomic E-state index is -0.257. The van der Waals surface area contributed by atoms with Crippen LogP contribution in [0.2, 0.25) is 0 Å². The molecule has 0 atom stereocenters. The Labute approximate surface area is 112 Å². The van der Waals surface area contributed by atoms with Gasteiger partial charge in [0.2, 0.25) is 0 Å². The Bertz CT molecular complexity index is 576. The van der Waals surface area contributed by atoms with Gasteiger partial charge in [-0.15, -0.1) is 0 Å². The summed E-state index contributed by atoms with van der Waals surface area (Å²) in [6, 6.07) is 7.35. The molecule has 2 rings (SSSR count). The highest BCUT2D eigenvalue weighted by atomic mass is 16.5. The number of rotatable bonds is 4. The monoisotopic (exact) mass is 259 g/mol. The van der Waals surface area contributed by atoms with E-state index in [1.54, 1.807) is 30.1 Å². The normalized spacial score (nSPS) is 10.5. The number of hydrogen-bond acceptors (Lipinski definition) is 3. The number of benzene rings is 1. The first kappa shape index (κ1) is 13.1. The van der Waals surface area contributed by atoms with Crippen molar-refractivity contribution in [2.75, 3.05) is 5.32 Å². The Morgan fingerprint density at radius 1 is 1.37 bits per heavy atom. The summed E-state index contributed by atoms with van der Waals surface area (Å²) < 4.78 is 7.32. The molecule has 1 N–H and O–H groups in total. The number of nitrogens with zero attached hydrogens (tertiary/aromatic N) is 2. The van der Waals surface area contributed by atoms with Crippen LogP contribution in [-0.4, -0.2) is 21.6 Å². The van der Waals surface area contributed by atoms with Crippen molar-refractivity contribution >= 4 is 11.6 Å². The molecule has 0 saturated carbocycles. The maximum Gasteiger partial charge on any atom is 0.291 e. The summed E-state index contributed by atoms with van der Waals surface area (Å²) in [4.78, 5) is 16.1. The van der Waals surface area contributed by atoms with Crippen LogP contribution in [0.25, 0.3) is 0 Å². The summed E-state index contributed by atoms with van der Waals surface area (Å²) in [5.41, 5.74) is 0.643. The van der Waals surface area contributed by atoms with Crippen LogP contribution in [0.15, 0.2) is 36.7 Å². The molecule has 0 aliphatic carbocycles. The van der Waals surface area contributed by atoms with Gasteiger partial charge in [-0.1, -0.05) is 12.1 Å². The van der Waals surface area contributed by atoms with E-state index in [9.17, 15) is 4.79 Å². The molecule has 0 saturated heterocycles. The van der Waals surface area contributed by atoms with Gasteiger partial charge in [-0.05, 0) is 26.0 Å². The minimum absolute atomic E-state index is 0.0474. The number of para-hydroxylation sites is 2. The predicted molar refractivity (Wildman–Crippen MR) is 73.4 cm³/mol. The number of ether oxygens (including phenoxy) is 1. The first-order chi connectivity index (χ1) is 9.08. The molecule has 1 heterocycles. The lowest BCUT2D eigenvalue weighted by atomic mass is 10.3. The van der Waals surface area contributed by atoms with Crippen molar-refractivity contribution in [3.63, 3.8) is 0 Å². The summed E-state index contributed by atoms with van der Waals surface area (Å²) in [5, 5.41) is 2.81. The zero-order chi connectivity index (χ0) is 13.8. The van der Waals surface area contributed by atoms with Crippen LogP contribution < -0.4 is 10.1 Å². The second-order valence-corrected chi connectivity index (χ2v) is 4.48. The number of anilines is 1. The molecule has 0 aliphatic heterocycles. The third-order valence-corrected chi connectivity index (χ3v) is 2.52. The fraction of sp³-hybridized carbons (Fsp3) is 0.286. The van der Waals surface area contributed by atoms with Crippen molar-refractivity contribution in [2.45, 2.75) is 20.0 Å². The van der Waals surface area contributed by atoms with Gasteiger partial charge in [0.05, 0.1) is 11.8 Å². The first-order valence-electron chi connectivity index (χ1n) is 6.12. The van der Waals surface area contributed by atoms with E-state index in [0.29, 0.717) is 17.3 Å². The SMILES string of the molecule is CC(C)Oc1ccccc1NC(=O)c1nccn1C. The molecule has 2 aromatic rings. The van der Waals surface area contributed by atoms with Crippen LogP contribution in [0.4, 0.5) is 5.69 Å². The summed E-state index contributed by atoms with van der Waals surface area (Å²) in [6.07, 6.45) is 3.36. The number of carbonyl (C=O) groups is 1. The van der Waals surface area contributed by atoms with Crippen LogP contribution in [0.5, 0.6) is 5.75 Å². The molecule has 0 fully saturated rings. The van der Waals surface area contributed by atoms with Crippen LogP contribution >= 0.6 is 0 Å². The molecular formula is C14H17N3O2. The van der Waals surface area contributed by atoms with Crippen molar-refractivity contribution in [2.24, 2.45) is 7.05 Å². The van der Waals surface area contributed by atoms with Gasteiger partial charge in [-0.2, -0.15) is 0 Å². The predicted octanol–water partition coefficient (Wildman–Crippen LogP) is 2.46. The molecule has 100 valence electrons. The van der Waals surface area contributed by atoms with E-state index in [1.807, 2.05) is 32.0 Å². The molecular weight excluding hydrogens is 242 g/mol. The van der Waals surface area contributed by atoms with Crippen LogP contribution in [0.1, 0.15) is 24.5 Å². The van der Waals surface area contributed by atoms with Gasteiger partial charge in [-0.25, -0.2) is 4.98 Å². The lowest BCUT2D eigenvalue weighted by molar-refractivity contribution is 0.101. The highest BCUT2D eigenvalue weighted by molar-refractivity contribution is 6.02. The van der Waals surface area contributed by atoms with Gasteiger partial charge in [0.15, 0.2) is 5.82 Å². The Kier molecular flexibility index (Phi) is 3.85. The second kappa shape index (κ2) is 5.56. The quantitative estimate of drug-likeness (QED) is 0.917. The molecule has 1 amide bonds. The molecule has 19 heavy (non-hydrogen) atoms. The summed E-state index contributed by atoms with van der Waals surface area (Å²) in [5.74, 6) is 0.756. The average Bonchev–Trinajstić information content (AvgIpc) is 2.77. The van der Waals surface area contributed by atoms with Crippen LogP contribution in [0, 0.1) is 0 Å². The van der Waals surface area contributed by atoms with E-state index in [1.165, 1.54) is 0 Å². The lowest BCUT2D eigenvalue weighted by Gasteiger charge is -2.14. The zero-order valence-electron chi connectivity index (χ0n) is 11.3. The fourth-order valence-electron chi connectivity index (χ4n) is 1.69. The van der Waals surface area contributed by atoms with Gasteiger partial charge in [-0.3, -0.25) is 4.79 Å². The molecule has 5 heteroatoms. The Hall–Kier alpha value is -2.30. The Morgan fingerprint density at radius 2 is 2.11 bits per heavy atom. The number of carbonyl (C=O) groups excluding carboxylic acids is 1. The number of aryl methyl sites for hydroxylation is 1.